The molecule has 0 aromatic heterocycles. The lowest BCUT2D eigenvalue weighted by Gasteiger charge is -2.17. The van der Waals surface area contributed by atoms with Crippen LogP contribution >= 0.6 is 0 Å². The fourth-order valence-electron chi connectivity index (χ4n) is 1.35. The third-order valence-corrected chi connectivity index (χ3v) is 2.17. The van der Waals surface area contributed by atoms with E-state index in [0.717, 1.165) is 5.56 Å². The first-order valence-corrected chi connectivity index (χ1v) is 4.90. The molecular formula is C11H14F3NO. The molecule has 0 aliphatic heterocycles. The van der Waals surface area contributed by atoms with Crippen molar-refractivity contribution in [2.45, 2.75) is 18.8 Å². The van der Waals surface area contributed by atoms with Crippen LogP contribution in [0.15, 0.2) is 30.3 Å². The van der Waals surface area contributed by atoms with Gasteiger partial charge in [0, 0.05) is 13.7 Å². The van der Waals surface area contributed by atoms with Crippen LogP contribution in [0, 0.1) is 0 Å². The van der Waals surface area contributed by atoms with E-state index in [4.69, 9.17) is 4.74 Å². The molecule has 1 aromatic carbocycles. The van der Waals surface area contributed by atoms with E-state index in [0.29, 0.717) is 6.42 Å². The topological polar surface area (TPSA) is 21.3 Å². The smallest absolute Gasteiger partial charge is 0.380 e. The lowest BCUT2D eigenvalue weighted by molar-refractivity contribution is -0.161. The van der Waals surface area contributed by atoms with Gasteiger partial charge < -0.3 is 4.74 Å². The van der Waals surface area contributed by atoms with Gasteiger partial charge in [0.25, 0.3) is 0 Å². The van der Waals surface area contributed by atoms with E-state index in [2.05, 4.69) is 0 Å². The van der Waals surface area contributed by atoms with Crippen LogP contribution in [0.4, 0.5) is 13.2 Å². The van der Waals surface area contributed by atoms with Gasteiger partial charge in [-0.25, -0.2) is 5.32 Å². The molecule has 2 nitrogen and oxygen atoms in total. The van der Waals surface area contributed by atoms with Gasteiger partial charge >= 0.3 is 6.30 Å². The van der Waals surface area contributed by atoms with Gasteiger partial charge in [-0.15, -0.1) is 0 Å². The van der Waals surface area contributed by atoms with Crippen molar-refractivity contribution in [1.82, 2.24) is 5.32 Å². The Morgan fingerprint density at radius 3 is 2.38 bits per heavy atom. The van der Waals surface area contributed by atoms with Crippen molar-refractivity contribution in [3.8, 4) is 0 Å². The first kappa shape index (κ1) is 13.0. The van der Waals surface area contributed by atoms with Gasteiger partial charge in [0.1, 0.15) is 0 Å². The van der Waals surface area contributed by atoms with E-state index in [1.807, 2.05) is 30.3 Å². The maximum Gasteiger partial charge on any atom is 0.457 e. The SMILES string of the molecule is COC(CNC(F)(F)F)Cc1ccccc1. The molecular weight excluding hydrogens is 219 g/mol. The highest BCUT2D eigenvalue weighted by atomic mass is 19.4. The Morgan fingerprint density at radius 2 is 1.88 bits per heavy atom. The average molecular weight is 233 g/mol. The van der Waals surface area contributed by atoms with E-state index < -0.39 is 12.4 Å². The maximum atomic E-state index is 11.9. The standard InChI is InChI=1S/C11H14F3NO/c1-16-10(8-15-11(12,13)14)7-9-5-3-2-4-6-9/h2-6,10,15H,7-8H2,1H3. The van der Waals surface area contributed by atoms with E-state index in [1.165, 1.54) is 12.4 Å². The van der Waals surface area contributed by atoms with Gasteiger partial charge in [-0.1, -0.05) is 30.3 Å². The summed E-state index contributed by atoms with van der Waals surface area (Å²) in [5.74, 6) is 0. The summed E-state index contributed by atoms with van der Waals surface area (Å²) in [5.41, 5.74) is 0.957. The molecule has 0 fully saturated rings. The quantitative estimate of drug-likeness (QED) is 0.788. The molecule has 0 saturated heterocycles. The number of nitrogens with one attached hydrogen (secondary N) is 1. The molecule has 16 heavy (non-hydrogen) atoms. The summed E-state index contributed by atoms with van der Waals surface area (Å²) in [6.45, 7) is -0.241. The Labute approximate surface area is 92.4 Å². The van der Waals surface area contributed by atoms with E-state index in [-0.39, 0.29) is 6.54 Å². The summed E-state index contributed by atoms with van der Waals surface area (Å²) < 4.78 is 40.8. The molecule has 1 aromatic rings. The lowest BCUT2D eigenvalue weighted by Crippen LogP contribution is -2.39. The molecule has 0 saturated carbocycles. The zero-order chi connectivity index (χ0) is 12.0. The fourth-order valence-corrected chi connectivity index (χ4v) is 1.35. The number of hydrogen-bond acceptors (Lipinski definition) is 2. The zero-order valence-corrected chi connectivity index (χ0v) is 8.92. The third kappa shape index (κ3) is 5.14. The van der Waals surface area contributed by atoms with Crippen molar-refractivity contribution >= 4 is 0 Å². The Balaban J connectivity index is 2.44. The Kier molecular flexibility index (Phi) is 4.76. The molecule has 0 bridgehead atoms. The maximum absolute atomic E-state index is 11.9. The molecule has 1 unspecified atom stereocenters. The molecule has 0 radical (unpaired) electrons. The molecule has 1 rings (SSSR count). The van der Waals surface area contributed by atoms with E-state index >= 15 is 0 Å². The third-order valence-electron chi connectivity index (χ3n) is 2.17. The molecule has 90 valence electrons. The zero-order valence-electron chi connectivity index (χ0n) is 8.92. The van der Waals surface area contributed by atoms with Crippen molar-refractivity contribution in [2.75, 3.05) is 13.7 Å². The van der Waals surface area contributed by atoms with Crippen molar-refractivity contribution < 1.29 is 17.9 Å². The lowest BCUT2D eigenvalue weighted by atomic mass is 10.1. The van der Waals surface area contributed by atoms with Crippen LogP contribution in [0.2, 0.25) is 0 Å². The summed E-state index contributed by atoms with van der Waals surface area (Å²) in [5, 5.41) is 1.47. The van der Waals surface area contributed by atoms with Crippen LogP contribution in [-0.2, 0) is 11.2 Å². The van der Waals surface area contributed by atoms with E-state index in [1.54, 1.807) is 0 Å². The average Bonchev–Trinajstić information content (AvgIpc) is 2.24. The van der Waals surface area contributed by atoms with Gasteiger partial charge in [-0.3, -0.25) is 0 Å². The van der Waals surface area contributed by atoms with Gasteiger partial charge in [-0.2, -0.15) is 13.2 Å². The van der Waals surface area contributed by atoms with Crippen LogP contribution in [-0.4, -0.2) is 26.1 Å². The molecule has 1 atom stereocenters. The largest absolute Gasteiger partial charge is 0.457 e. The fraction of sp³-hybridized carbons (Fsp3) is 0.455. The predicted molar refractivity (Wildman–Crippen MR) is 55.0 cm³/mol. The van der Waals surface area contributed by atoms with Crippen LogP contribution in [0.5, 0.6) is 0 Å². The predicted octanol–water partition coefficient (Wildman–Crippen LogP) is 2.35. The van der Waals surface area contributed by atoms with Gasteiger partial charge in [0.15, 0.2) is 0 Å². The highest BCUT2D eigenvalue weighted by Gasteiger charge is 2.27. The number of rotatable bonds is 5. The molecule has 0 aliphatic rings. The minimum atomic E-state index is -4.35. The number of methoxy groups -OCH3 is 1. The van der Waals surface area contributed by atoms with Gasteiger partial charge in [0.05, 0.1) is 6.10 Å². The first-order chi connectivity index (χ1) is 7.51. The molecule has 0 amide bonds. The van der Waals surface area contributed by atoms with Gasteiger partial charge in [-0.05, 0) is 12.0 Å². The van der Waals surface area contributed by atoms with Crippen molar-refractivity contribution in [3.05, 3.63) is 35.9 Å². The number of halogens is 3. The second-order valence-corrected chi connectivity index (χ2v) is 3.43. The first-order valence-electron chi connectivity index (χ1n) is 4.90. The summed E-state index contributed by atoms with van der Waals surface area (Å²) >= 11 is 0. The molecule has 0 aliphatic carbocycles. The summed E-state index contributed by atoms with van der Waals surface area (Å²) in [6, 6.07) is 9.27. The minimum absolute atomic E-state index is 0.241. The second-order valence-electron chi connectivity index (χ2n) is 3.43. The van der Waals surface area contributed by atoms with Crippen molar-refractivity contribution in [3.63, 3.8) is 0 Å². The van der Waals surface area contributed by atoms with Crippen LogP contribution in [0.1, 0.15) is 5.56 Å². The molecule has 5 heteroatoms. The minimum Gasteiger partial charge on any atom is -0.380 e. The van der Waals surface area contributed by atoms with Crippen molar-refractivity contribution in [1.29, 1.82) is 0 Å². The second kappa shape index (κ2) is 5.86. The van der Waals surface area contributed by atoms with Gasteiger partial charge in [0.2, 0.25) is 0 Å². The highest BCUT2D eigenvalue weighted by Crippen LogP contribution is 2.11. The number of alkyl halides is 3. The normalized spacial score (nSPS) is 13.8. The highest BCUT2D eigenvalue weighted by molar-refractivity contribution is 5.15. The molecule has 0 spiro atoms. The monoisotopic (exact) mass is 233 g/mol. The van der Waals surface area contributed by atoms with Crippen molar-refractivity contribution in [2.24, 2.45) is 0 Å². The molecule has 0 heterocycles. The molecule has 1 N–H and O–H groups in total. The number of hydrogen-bond donors (Lipinski definition) is 1. The van der Waals surface area contributed by atoms with E-state index in [9.17, 15) is 13.2 Å². The van der Waals surface area contributed by atoms with Crippen LogP contribution < -0.4 is 5.32 Å². The summed E-state index contributed by atoms with van der Waals surface area (Å²) in [7, 11) is 1.41. The van der Waals surface area contributed by atoms with Crippen LogP contribution in [0.25, 0.3) is 0 Å². The summed E-state index contributed by atoms with van der Waals surface area (Å²) in [6.07, 6.45) is -4.38. The number of benzene rings is 1. The summed E-state index contributed by atoms with van der Waals surface area (Å²) in [4.78, 5) is 0. The Bertz CT molecular complexity index is 300. The Morgan fingerprint density at radius 1 is 1.25 bits per heavy atom. The number of ether oxygens (including phenoxy) is 1. The van der Waals surface area contributed by atoms with Crippen LogP contribution in [0.3, 0.4) is 0 Å². The Hall–Kier alpha value is -1.07.